The number of hydrogen-bond donors (Lipinski definition) is 1. The molecule has 1 N–H and O–H groups in total. The van der Waals surface area contributed by atoms with E-state index in [1.165, 1.54) is 25.5 Å². The van der Waals surface area contributed by atoms with E-state index in [0.717, 1.165) is 47.9 Å². The number of imidazole rings is 1. The van der Waals surface area contributed by atoms with Gasteiger partial charge in [0.2, 0.25) is 5.95 Å². The molecule has 2 heterocycles. The van der Waals surface area contributed by atoms with Crippen molar-refractivity contribution >= 4 is 5.91 Å². The number of halogens is 3. The first-order valence-electron chi connectivity index (χ1n) is 10.6. The van der Waals surface area contributed by atoms with Crippen molar-refractivity contribution in [2.75, 3.05) is 6.54 Å². The highest BCUT2D eigenvalue weighted by Gasteiger charge is 2.70. The Morgan fingerprint density at radius 2 is 2.10 bits per heavy atom. The van der Waals surface area contributed by atoms with Crippen LogP contribution in [-0.4, -0.2) is 31.8 Å². The van der Waals surface area contributed by atoms with Crippen LogP contribution in [-0.2, 0) is 13.2 Å². The summed E-state index contributed by atoms with van der Waals surface area (Å²) in [6.45, 7) is 0.457. The van der Waals surface area contributed by atoms with Crippen LogP contribution in [0.2, 0.25) is 0 Å². The van der Waals surface area contributed by atoms with E-state index in [0.29, 0.717) is 12.0 Å². The first-order chi connectivity index (χ1) is 14.2. The van der Waals surface area contributed by atoms with Gasteiger partial charge in [-0.05, 0) is 67.1 Å². The fourth-order valence-electron chi connectivity index (χ4n) is 7.54. The standard InChI is InChI=1S/C21H24F3N5O/c1-28-3-2-25-18(28)29-9-15(16(27-29)21(22,23)24)17(30)26-11-19-6-12-4-13-5-14(8-19)20(13,7-12)10-19/h2-3,9,12-14H,4-8,10-11H2,1H3,(H,26,30). The van der Waals surface area contributed by atoms with E-state index in [4.69, 9.17) is 0 Å². The molecule has 0 aromatic carbocycles. The van der Waals surface area contributed by atoms with Crippen molar-refractivity contribution in [3.8, 4) is 5.95 Å². The minimum absolute atomic E-state index is 0.0581. The largest absolute Gasteiger partial charge is 0.435 e. The van der Waals surface area contributed by atoms with Gasteiger partial charge in [-0.25, -0.2) is 9.67 Å². The van der Waals surface area contributed by atoms with Crippen LogP contribution in [0.4, 0.5) is 13.2 Å². The zero-order valence-corrected chi connectivity index (χ0v) is 16.7. The van der Waals surface area contributed by atoms with E-state index in [1.54, 1.807) is 17.8 Å². The molecule has 3 bridgehead atoms. The molecule has 4 saturated carbocycles. The lowest BCUT2D eigenvalue weighted by Crippen LogP contribution is -2.43. The van der Waals surface area contributed by atoms with E-state index < -0.39 is 23.3 Å². The fourth-order valence-corrected chi connectivity index (χ4v) is 7.54. The van der Waals surface area contributed by atoms with Crippen molar-refractivity contribution < 1.29 is 18.0 Å². The lowest BCUT2D eigenvalue weighted by molar-refractivity contribution is -0.141. The van der Waals surface area contributed by atoms with Crippen molar-refractivity contribution in [3.05, 3.63) is 29.8 Å². The Hall–Kier alpha value is -2.32. The number of alkyl halides is 3. The van der Waals surface area contributed by atoms with Crippen LogP contribution < -0.4 is 5.32 Å². The smallest absolute Gasteiger partial charge is 0.351 e. The molecule has 160 valence electrons. The molecule has 4 fully saturated rings. The van der Waals surface area contributed by atoms with Crippen LogP contribution in [0.5, 0.6) is 0 Å². The first kappa shape index (κ1) is 18.4. The number of carbonyl (C=O) groups is 1. The summed E-state index contributed by atoms with van der Waals surface area (Å²) in [5.74, 6) is 1.84. The SMILES string of the molecule is Cn1ccnc1-n1cc(C(=O)NCC23CC4CC5CC(C2)C5(C4)C3)c(C(F)(F)F)n1. The molecule has 2 aromatic heterocycles. The van der Waals surface area contributed by atoms with Crippen molar-refractivity contribution in [1.29, 1.82) is 0 Å². The van der Waals surface area contributed by atoms with Gasteiger partial charge in [0.1, 0.15) is 0 Å². The minimum atomic E-state index is -4.72. The van der Waals surface area contributed by atoms with Crippen molar-refractivity contribution in [2.24, 2.45) is 35.6 Å². The van der Waals surface area contributed by atoms with Crippen LogP contribution >= 0.6 is 0 Å². The van der Waals surface area contributed by atoms with E-state index >= 15 is 0 Å². The van der Waals surface area contributed by atoms with E-state index in [-0.39, 0.29) is 11.4 Å². The van der Waals surface area contributed by atoms with Crippen molar-refractivity contribution in [2.45, 2.75) is 44.7 Å². The summed E-state index contributed by atoms with van der Waals surface area (Å²) >= 11 is 0. The van der Waals surface area contributed by atoms with Crippen LogP contribution in [0.25, 0.3) is 5.95 Å². The molecule has 0 radical (unpaired) electrons. The molecule has 0 saturated heterocycles. The number of nitrogens with zero attached hydrogens (tertiary/aromatic N) is 4. The van der Waals surface area contributed by atoms with Gasteiger partial charge in [-0.1, -0.05) is 0 Å². The van der Waals surface area contributed by atoms with E-state index in [1.807, 2.05) is 0 Å². The molecule has 6 rings (SSSR count). The van der Waals surface area contributed by atoms with Crippen molar-refractivity contribution in [3.63, 3.8) is 0 Å². The van der Waals surface area contributed by atoms with Gasteiger partial charge in [0.15, 0.2) is 5.69 Å². The average molecular weight is 419 g/mol. The minimum Gasteiger partial charge on any atom is -0.351 e. The monoisotopic (exact) mass is 419 g/mol. The summed E-state index contributed by atoms with van der Waals surface area (Å²) in [5.41, 5.74) is -1.08. The number of fused-ring (bicyclic) bond motifs is 2. The van der Waals surface area contributed by atoms with Gasteiger partial charge in [-0.15, -0.1) is 0 Å². The molecule has 0 aliphatic heterocycles. The molecule has 5 atom stereocenters. The van der Waals surface area contributed by atoms with Gasteiger partial charge in [0.25, 0.3) is 5.91 Å². The molecule has 30 heavy (non-hydrogen) atoms. The Bertz CT molecular complexity index is 1040. The van der Waals surface area contributed by atoms with Crippen LogP contribution in [0.15, 0.2) is 18.6 Å². The molecule has 6 nitrogen and oxygen atoms in total. The van der Waals surface area contributed by atoms with Crippen molar-refractivity contribution in [1.82, 2.24) is 24.6 Å². The Morgan fingerprint density at radius 3 is 2.83 bits per heavy atom. The van der Waals surface area contributed by atoms with E-state index in [9.17, 15) is 18.0 Å². The number of carbonyl (C=O) groups excluding carboxylic acids is 1. The predicted octanol–water partition coefficient (Wildman–Crippen LogP) is 3.57. The second-order valence-corrected chi connectivity index (χ2v) is 10.1. The Morgan fingerprint density at radius 1 is 1.27 bits per heavy atom. The van der Waals surface area contributed by atoms with E-state index in [2.05, 4.69) is 15.4 Å². The topological polar surface area (TPSA) is 64.7 Å². The second-order valence-electron chi connectivity index (χ2n) is 10.1. The summed E-state index contributed by atoms with van der Waals surface area (Å²) in [4.78, 5) is 16.9. The zero-order valence-electron chi connectivity index (χ0n) is 16.7. The maximum atomic E-state index is 13.6. The number of nitrogens with one attached hydrogen (secondary N) is 1. The van der Waals surface area contributed by atoms with Gasteiger partial charge < -0.3 is 9.88 Å². The fraction of sp³-hybridized carbons (Fsp3) is 0.667. The number of hydrogen-bond acceptors (Lipinski definition) is 3. The van der Waals surface area contributed by atoms with Crippen LogP contribution in [0, 0.1) is 28.6 Å². The van der Waals surface area contributed by atoms with Gasteiger partial charge in [0, 0.05) is 32.2 Å². The second kappa shape index (κ2) is 5.68. The molecular formula is C21H24F3N5O. The summed E-state index contributed by atoms with van der Waals surface area (Å²) in [6.07, 6.45) is 6.78. The maximum Gasteiger partial charge on any atom is 0.435 e. The summed E-state index contributed by atoms with van der Waals surface area (Å²) < 4.78 is 43.3. The molecule has 1 amide bonds. The zero-order chi connectivity index (χ0) is 20.9. The third kappa shape index (κ3) is 2.40. The number of aryl methyl sites for hydroxylation is 1. The normalized spacial score (nSPS) is 36.1. The number of rotatable bonds is 4. The molecular weight excluding hydrogens is 395 g/mol. The highest BCUT2D eigenvalue weighted by molar-refractivity contribution is 5.95. The summed E-state index contributed by atoms with van der Waals surface area (Å²) in [7, 11) is 1.66. The lowest BCUT2D eigenvalue weighted by atomic mass is 9.55. The molecule has 4 aliphatic rings. The summed E-state index contributed by atoms with van der Waals surface area (Å²) in [6, 6.07) is 0. The van der Waals surface area contributed by atoms with Gasteiger partial charge in [0.05, 0.1) is 5.56 Å². The van der Waals surface area contributed by atoms with Gasteiger partial charge >= 0.3 is 6.18 Å². The maximum absolute atomic E-state index is 13.6. The Kier molecular flexibility index (Phi) is 3.49. The molecule has 4 aliphatic carbocycles. The lowest BCUT2D eigenvalue weighted by Gasteiger charge is -2.49. The molecule has 5 unspecified atom stereocenters. The summed E-state index contributed by atoms with van der Waals surface area (Å²) in [5, 5.41) is 6.50. The average Bonchev–Trinajstić information content (AvgIpc) is 3.37. The third-order valence-corrected chi connectivity index (χ3v) is 8.44. The van der Waals surface area contributed by atoms with Crippen LogP contribution in [0.1, 0.15) is 54.6 Å². The quantitative estimate of drug-likeness (QED) is 0.824. The molecule has 1 spiro atoms. The highest BCUT2D eigenvalue weighted by Crippen LogP contribution is 2.78. The highest BCUT2D eigenvalue weighted by atomic mass is 19.4. The molecule has 2 aromatic rings. The van der Waals surface area contributed by atoms with Crippen LogP contribution in [0.3, 0.4) is 0 Å². The predicted molar refractivity (Wildman–Crippen MR) is 101 cm³/mol. The Balaban J connectivity index is 1.25. The molecule has 9 heteroatoms. The van der Waals surface area contributed by atoms with Gasteiger partial charge in [-0.2, -0.15) is 18.3 Å². The Labute approximate surface area is 171 Å². The van der Waals surface area contributed by atoms with Gasteiger partial charge in [-0.3, -0.25) is 4.79 Å². The number of aromatic nitrogens is 4. The third-order valence-electron chi connectivity index (χ3n) is 8.44. The first-order valence-corrected chi connectivity index (χ1v) is 10.6. The number of amides is 1.